The molecule has 0 spiro atoms. The molecule has 0 unspecified atom stereocenters. The maximum Gasteiger partial charge on any atom is 0.0607 e. The third-order valence-electron chi connectivity index (χ3n) is 3.53. The zero-order valence-corrected chi connectivity index (χ0v) is 10.9. The lowest BCUT2D eigenvalue weighted by molar-refractivity contribution is 0.170. The average Bonchev–Trinajstić information content (AvgIpc) is 2.40. The van der Waals surface area contributed by atoms with Crippen LogP contribution in [0.25, 0.3) is 0 Å². The number of benzene rings is 1. The third kappa shape index (κ3) is 3.02. The Kier molecular flexibility index (Phi) is 4.58. The van der Waals surface area contributed by atoms with E-state index in [1.165, 1.54) is 23.2 Å². The molecule has 4 nitrogen and oxygen atoms in total. The SMILES string of the molecule is CN1CCCc2cc(CNC(CO)CO)ccc21. The molecule has 0 aliphatic carbocycles. The highest BCUT2D eigenvalue weighted by atomic mass is 16.3. The van der Waals surface area contributed by atoms with Gasteiger partial charge in [0.15, 0.2) is 0 Å². The Balaban J connectivity index is 2.02. The minimum atomic E-state index is -0.233. The number of nitrogens with zero attached hydrogens (tertiary/aromatic N) is 1. The van der Waals surface area contributed by atoms with Crippen LogP contribution in [-0.4, -0.2) is 43.1 Å². The topological polar surface area (TPSA) is 55.7 Å². The number of fused-ring (bicyclic) bond motifs is 1. The van der Waals surface area contributed by atoms with Crippen molar-refractivity contribution in [1.82, 2.24) is 5.32 Å². The Morgan fingerprint density at radius 1 is 1.33 bits per heavy atom. The summed E-state index contributed by atoms with van der Waals surface area (Å²) in [4.78, 5) is 2.29. The Morgan fingerprint density at radius 2 is 2.11 bits per heavy atom. The zero-order valence-electron chi connectivity index (χ0n) is 10.9. The van der Waals surface area contributed by atoms with E-state index >= 15 is 0 Å². The molecule has 1 aliphatic rings. The number of hydrogen-bond donors (Lipinski definition) is 3. The van der Waals surface area contributed by atoms with E-state index in [1.807, 2.05) is 0 Å². The van der Waals surface area contributed by atoms with Crippen LogP contribution in [0, 0.1) is 0 Å². The van der Waals surface area contributed by atoms with Crippen LogP contribution in [0.1, 0.15) is 17.5 Å². The zero-order chi connectivity index (χ0) is 13.0. The van der Waals surface area contributed by atoms with Crippen molar-refractivity contribution < 1.29 is 10.2 Å². The molecule has 0 aromatic heterocycles. The number of rotatable bonds is 5. The van der Waals surface area contributed by atoms with Crippen molar-refractivity contribution >= 4 is 5.69 Å². The molecule has 1 heterocycles. The highest BCUT2D eigenvalue weighted by Crippen LogP contribution is 2.26. The van der Waals surface area contributed by atoms with Crippen molar-refractivity contribution in [3.05, 3.63) is 29.3 Å². The van der Waals surface area contributed by atoms with E-state index < -0.39 is 0 Å². The summed E-state index contributed by atoms with van der Waals surface area (Å²) < 4.78 is 0. The second-order valence-electron chi connectivity index (χ2n) is 4.93. The molecule has 0 saturated carbocycles. The Bertz CT molecular complexity index is 391. The van der Waals surface area contributed by atoms with Gasteiger partial charge >= 0.3 is 0 Å². The van der Waals surface area contributed by atoms with Gasteiger partial charge < -0.3 is 20.4 Å². The first-order chi connectivity index (χ1) is 8.74. The first kappa shape index (κ1) is 13.3. The smallest absolute Gasteiger partial charge is 0.0607 e. The molecule has 3 N–H and O–H groups in total. The fourth-order valence-electron chi connectivity index (χ4n) is 2.40. The molecule has 0 bridgehead atoms. The van der Waals surface area contributed by atoms with Crippen LogP contribution in [0.3, 0.4) is 0 Å². The lowest BCUT2D eigenvalue weighted by Crippen LogP contribution is -2.35. The van der Waals surface area contributed by atoms with Crippen molar-refractivity contribution in [2.75, 3.05) is 31.7 Å². The minimum absolute atomic E-state index is 0.0375. The fraction of sp³-hybridized carbons (Fsp3) is 0.571. The predicted molar refractivity (Wildman–Crippen MR) is 72.8 cm³/mol. The van der Waals surface area contributed by atoms with Crippen LogP contribution in [0.5, 0.6) is 0 Å². The Morgan fingerprint density at radius 3 is 2.83 bits per heavy atom. The monoisotopic (exact) mass is 250 g/mol. The third-order valence-corrected chi connectivity index (χ3v) is 3.53. The largest absolute Gasteiger partial charge is 0.395 e. The Labute approximate surface area is 108 Å². The quantitative estimate of drug-likeness (QED) is 0.713. The average molecular weight is 250 g/mol. The van der Waals surface area contributed by atoms with E-state index in [4.69, 9.17) is 10.2 Å². The summed E-state index contributed by atoms with van der Waals surface area (Å²) in [6, 6.07) is 6.27. The molecule has 1 aromatic rings. The number of nitrogens with one attached hydrogen (secondary N) is 1. The lowest BCUT2D eigenvalue weighted by atomic mass is 9.99. The van der Waals surface area contributed by atoms with Gasteiger partial charge in [-0.05, 0) is 30.0 Å². The summed E-state index contributed by atoms with van der Waals surface area (Å²) in [5, 5.41) is 21.1. The fourth-order valence-corrected chi connectivity index (χ4v) is 2.40. The van der Waals surface area contributed by atoms with Crippen molar-refractivity contribution in [1.29, 1.82) is 0 Å². The van der Waals surface area contributed by atoms with E-state index in [9.17, 15) is 0 Å². The molecule has 100 valence electrons. The summed E-state index contributed by atoms with van der Waals surface area (Å²) in [5.74, 6) is 0. The van der Waals surface area contributed by atoms with Crippen molar-refractivity contribution in [3.8, 4) is 0 Å². The molecular formula is C14H22N2O2. The van der Waals surface area contributed by atoms with Gasteiger partial charge in [0.2, 0.25) is 0 Å². The van der Waals surface area contributed by atoms with E-state index in [0.29, 0.717) is 6.54 Å². The second-order valence-corrected chi connectivity index (χ2v) is 4.93. The number of anilines is 1. The van der Waals surface area contributed by atoms with Gasteiger partial charge in [-0.2, -0.15) is 0 Å². The van der Waals surface area contributed by atoms with Crippen molar-refractivity contribution in [2.24, 2.45) is 0 Å². The molecule has 18 heavy (non-hydrogen) atoms. The number of aryl methyl sites for hydroxylation is 1. The van der Waals surface area contributed by atoms with Gasteiger partial charge in [0.1, 0.15) is 0 Å². The van der Waals surface area contributed by atoms with E-state index in [-0.39, 0.29) is 19.3 Å². The van der Waals surface area contributed by atoms with Crippen molar-refractivity contribution in [2.45, 2.75) is 25.4 Å². The van der Waals surface area contributed by atoms with Crippen LogP contribution >= 0.6 is 0 Å². The van der Waals surface area contributed by atoms with Crippen molar-refractivity contribution in [3.63, 3.8) is 0 Å². The van der Waals surface area contributed by atoms with Crippen LogP contribution in [0.4, 0.5) is 5.69 Å². The highest BCUT2D eigenvalue weighted by molar-refractivity contribution is 5.56. The maximum absolute atomic E-state index is 9.00. The van der Waals surface area contributed by atoms with Crippen LogP contribution in [0.2, 0.25) is 0 Å². The highest BCUT2D eigenvalue weighted by Gasteiger charge is 2.13. The van der Waals surface area contributed by atoms with Gasteiger partial charge in [-0.15, -0.1) is 0 Å². The molecule has 0 radical (unpaired) electrons. The van der Waals surface area contributed by atoms with E-state index in [1.54, 1.807) is 0 Å². The second kappa shape index (κ2) is 6.18. The minimum Gasteiger partial charge on any atom is -0.395 e. The number of aliphatic hydroxyl groups excluding tert-OH is 2. The van der Waals surface area contributed by atoms with Gasteiger partial charge in [0.05, 0.1) is 19.3 Å². The molecule has 1 aromatic carbocycles. The van der Waals surface area contributed by atoms with Gasteiger partial charge in [-0.25, -0.2) is 0 Å². The summed E-state index contributed by atoms with van der Waals surface area (Å²) in [6.45, 7) is 1.73. The molecule has 4 heteroatoms. The van der Waals surface area contributed by atoms with Crippen LogP contribution in [0.15, 0.2) is 18.2 Å². The number of aliphatic hydroxyl groups is 2. The summed E-state index contributed by atoms with van der Waals surface area (Å²) in [5.41, 5.74) is 3.93. The van der Waals surface area contributed by atoms with Gasteiger partial charge in [-0.3, -0.25) is 0 Å². The lowest BCUT2D eigenvalue weighted by Gasteiger charge is -2.28. The summed E-state index contributed by atoms with van der Waals surface area (Å²) in [7, 11) is 2.13. The standard InChI is InChI=1S/C14H22N2O2/c1-16-6-2-3-12-7-11(4-5-14(12)16)8-15-13(9-17)10-18/h4-5,7,13,15,17-18H,2-3,6,8-10H2,1H3. The molecule has 2 rings (SSSR count). The van der Waals surface area contributed by atoms with Crippen LogP contribution in [-0.2, 0) is 13.0 Å². The molecule has 0 atom stereocenters. The van der Waals surface area contributed by atoms with Gasteiger partial charge in [0.25, 0.3) is 0 Å². The van der Waals surface area contributed by atoms with Crippen LogP contribution < -0.4 is 10.2 Å². The van der Waals surface area contributed by atoms with Gasteiger partial charge in [-0.1, -0.05) is 12.1 Å². The maximum atomic E-state index is 9.00. The summed E-state index contributed by atoms with van der Waals surface area (Å²) >= 11 is 0. The molecular weight excluding hydrogens is 228 g/mol. The predicted octanol–water partition coefficient (Wildman–Crippen LogP) is 0.512. The number of hydrogen-bond acceptors (Lipinski definition) is 4. The molecule has 0 fully saturated rings. The normalized spacial score (nSPS) is 15.0. The van der Waals surface area contributed by atoms with E-state index in [0.717, 1.165) is 13.0 Å². The molecule has 0 saturated heterocycles. The van der Waals surface area contributed by atoms with Gasteiger partial charge in [0, 0.05) is 25.8 Å². The first-order valence-corrected chi connectivity index (χ1v) is 6.52. The first-order valence-electron chi connectivity index (χ1n) is 6.52. The van der Waals surface area contributed by atoms with E-state index in [2.05, 4.69) is 35.5 Å². The Hall–Kier alpha value is -1.10. The summed E-state index contributed by atoms with van der Waals surface area (Å²) in [6.07, 6.45) is 2.34. The molecule has 0 amide bonds. The molecule has 1 aliphatic heterocycles.